The normalized spacial score (nSPS) is 12.4. The van der Waals surface area contributed by atoms with Gasteiger partial charge in [-0.05, 0) is 18.4 Å². The standard InChI is InChI=1S/C7H13NO4S/c1-13-3-2-5(7(11)12)8-4-6(9)10/h5,8H,2-4H2,1H3,(H,9,10)(H,11,12)/t5-/m0/s1. The lowest BCUT2D eigenvalue weighted by Gasteiger charge is -2.11. The quantitative estimate of drug-likeness (QED) is 0.539. The summed E-state index contributed by atoms with van der Waals surface area (Å²) in [5.41, 5.74) is 0. The van der Waals surface area contributed by atoms with Gasteiger partial charge in [0.1, 0.15) is 6.04 Å². The van der Waals surface area contributed by atoms with Crippen molar-refractivity contribution < 1.29 is 19.8 Å². The largest absolute Gasteiger partial charge is 0.480 e. The molecule has 0 heterocycles. The summed E-state index contributed by atoms with van der Waals surface area (Å²) in [6, 6.07) is -0.761. The van der Waals surface area contributed by atoms with Gasteiger partial charge in [-0.25, -0.2) is 0 Å². The zero-order valence-electron chi connectivity index (χ0n) is 7.32. The summed E-state index contributed by atoms with van der Waals surface area (Å²) < 4.78 is 0. The van der Waals surface area contributed by atoms with E-state index < -0.39 is 18.0 Å². The predicted octanol–water partition coefficient (Wildman–Crippen LogP) is -0.133. The lowest BCUT2D eigenvalue weighted by molar-refractivity contribution is -0.140. The molecule has 0 amide bonds. The second-order valence-electron chi connectivity index (χ2n) is 2.45. The maximum atomic E-state index is 10.6. The highest BCUT2D eigenvalue weighted by Gasteiger charge is 2.16. The number of thioether (sulfide) groups is 1. The van der Waals surface area contributed by atoms with Gasteiger partial charge in [0.15, 0.2) is 0 Å². The molecule has 13 heavy (non-hydrogen) atoms. The number of nitrogens with one attached hydrogen (secondary N) is 1. The molecule has 3 N–H and O–H groups in total. The lowest BCUT2D eigenvalue weighted by Crippen LogP contribution is -2.40. The lowest BCUT2D eigenvalue weighted by atomic mass is 10.2. The first kappa shape index (κ1) is 12.2. The van der Waals surface area contributed by atoms with Crippen molar-refractivity contribution in [3.05, 3.63) is 0 Å². The van der Waals surface area contributed by atoms with Crippen LogP contribution in [0, 0.1) is 0 Å². The smallest absolute Gasteiger partial charge is 0.320 e. The first-order valence-electron chi connectivity index (χ1n) is 3.75. The molecule has 0 saturated heterocycles. The molecule has 0 aromatic rings. The summed E-state index contributed by atoms with van der Waals surface area (Å²) in [6.07, 6.45) is 2.31. The van der Waals surface area contributed by atoms with E-state index in [9.17, 15) is 9.59 Å². The van der Waals surface area contributed by atoms with Gasteiger partial charge in [0, 0.05) is 0 Å². The zero-order chi connectivity index (χ0) is 10.3. The summed E-state index contributed by atoms with van der Waals surface area (Å²) in [6.45, 7) is -0.314. The van der Waals surface area contributed by atoms with Crippen LogP contribution >= 0.6 is 11.8 Å². The maximum Gasteiger partial charge on any atom is 0.320 e. The highest BCUT2D eigenvalue weighted by Crippen LogP contribution is 2.00. The van der Waals surface area contributed by atoms with Gasteiger partial charge >= 0.3 is 11.9 Å². The molecule has 0 spiro atoms. The van der Waals surface area contributed by atoms with E-state index in [2.05, 4.69) is 5.32 Å². The topological polar surface area (TPSA) is 86.6 Å². The molecule has 0 radical (unpaired) electrons. The van der Waals surface area contributed by atoms with Gasteiger partial charge in [-0.2, -0.15) is 11.8 Å². The zero-order valence-corrected chi connectivity index (χ0v) is 8.13. The molecule has 76 valence electrons. The second-order valence-corrected chi connectivity index (χ2v) is 3.43. The van der Waals surface area contributed by atoms with Gasteiger partial charge in [0.25, 0.3) is 0 Å². The van der Waals surface area contributed by atoms with Crippen LogP contribution in [0.1, 0.15) is 6.42 Å². The van der Waals surface area contributed by atoms with E-state index in [4.69, 9.17) is 10.2 Å². The van der Waals surface area contributed by atoms with Crippen molar-refractivity contribution in [2.75, 3.05) is 18.6 Å². The Hall–Kier alpha value is -0.750. The molecule has 0 saturated carbocycles. The molecular weight excluding hydrogens is 194 g/mol. The fourth-order valence-corrected chi connectivity index (χ4v) is 1.23. The monoisotopic (exact) mass is 207 g/mol. The Labute approximate surface area is 80.5 Å². The fourth-order valence-electron chi connectivity index (χ4n) is 0.759. The van der Waals surface area contributed by atoms with E-state index >= 15 is 0 Å². The Balaban J connectivity index is 3.80. The summed E-state index contributed by atoms with van der Waals surface area (Å²) in [7, 11) is 0. The molecule has 0 fully saturated rings. The van der Waals surface area contributed by atoms with Crippen LogP contribution in [0.5, 0.6) is 0 Å². The first-order chi connectivity index (χ1) is 6.07. The third kappa shape index (κ3) is 6.41. The SMILES string of the molecule is CSCC[C@H](NCC(=O)O)C(=O)O. The minimum atomic E-state index is -1.05. The number of aliphatic carboxylic acids is 2. The van der Waals surface area contributed by atoms with Crippen molar-refractivity contribution in [2.24, 2.45) is 0 Å². The molecule has 5 nitrogen and oxygen atoms in total. The van der Waals surface area contributed by atoms with Gasteiger partial charge in [-0.1, -0.05) is 0 Å². The molecule has 1 atom stereocenters. The van der Waals surface area contributed by atoms with Crippen LogP contribution in [0.3, 0.4) is 0 Å². The third-order valence-electron chi connectivity index (χ3n) is 1.41. The maximum absolute atomic E-state index is 10.6. The third-order valence-corrected chi connectivity index (χ3v) is 2.05. The Bertz CT molecular complexity index is 185. The van der Waals surface area contributed by atoms with Crippen molar-refractivity contribution in [3.8, 4) is 0 Å². The van der Waals surface area contributed by atoms with Crippen LogP contribution < -0.4 is 5.32 Å². The Morgan fingerprint density at radius 3 is 2.46 bits per heavy atom. The number of carbonyl (C=O) groups is 2. The van der Waals surface area contributed by atoms with E-state index in [-0.39, 0.29) is 6.54 Å². The molecule has 0 aliphatic rings. The van der Waals surface area contributed by atoms with Crippen molar-refractivity contribution in [1.29, 1.82) is 0 Å². The number of carboxylic acid groups (broad SMARTS) is 2. The minimum Gasteiger partial charge on any atom is -0.480 e. The fraction of sp³-hybridized carbons (Fsp3) is 0.714. The number of carboxylic acids is 2. The Kier molecular flexibility index (Phi) is 6.34. The molecule has 0 rings (SSSR count). The van der Waals surface area contributed by atoms with Crippen LogP contribution in [-0.4, -0.2) is 46.7 Å². The number of hydrogen-bond donors (Lipinski definition) is 3. The average molecular weight is 207 g/mol. The van der Waals surface area contributed by atoms with Gasteiger partial charge in [-0.3, -0.25) is 14.9 Å². The second kappa shape index (κ2) is 6.73. The predicted molar refractivity (Wildman–Crippen MR) is 50.1 cm³/mol. The molecule has 0 unspecified atom stereocenters. The highest BCUT2D eigenvalue weighted by atomic mass is 32.2. The van der Waals surface area contributed by atoms with Crippen molar-refractivity contribution in [1.82, 2.24) is 5.32 Å². The Morgan fingerprint density at radius 1 is 1.46 bits per heavy atom. The van der Waals surface area contributed by atoms with Crippen LogP contribution in [0.2, 0.25) is 0 Å². The molecule has 0 aliphatic carbocycles. The number of rotatable bonds is 7. The molecule has 0 aromatic carbocycles. The van der Waals surface area contributed by atoms with Crippen molar-refractivity contribution in [3.63, 3.8) is 0 Å². The molecular formula is C7H13NO4S. The van der Waals surface area contributed by atoms with Gasteiger partial charge in [0.05, 0.1) is 6.54 Å². The summed E-state index contributed by atoms with van der Waals surface area (Å²) in [5, 5.41) is 19.4. The summed E-state index contributed by atoms with van der Waals surface area (Å²) >= 11 is 1.53. The van der Waals surface area contributed by atoms with Crippen LogP contribution in [0.15, 0.2) is 0 Å². The Morgan fingerprint density at radius 2 is 2.08 bits per heavy atom. The van der Waals surface area contributed by atoms with Gasteiger partial charge in [0.2, 0.25) is 0 Å². The van der Waals surface area contributed by atoms with Gasteiger partial charge < -0.3 is 10.2 Å². The van der Waals surface area contributed by atoms with E-state index in [1.807, 2.05) is 6.26 Å². The average Bonchev–Trinajstić information content (AvgIpc) is 2.03. The van der Waals surface area contributed by atoms with E-state index in [0.29, 0.717) is 12.2 Å². The van der Waals surface area contributed by atoms with E-state index in [0.717, 1.165) is 0 Å². The molecule has 0 bridgehead atoms. The molecule has 6 heteroatoms. The van der Waals surface area contributed by atoms with Crippen LogP contribution in [0.4, 0.5) is 0 Å². The van der Waals surface area contributed by atoms with E-state index in [1.54, 1.807) is 0 Å². The van der Waals surface area contributed by atoms with Gasteiger partial charge in [-0.15, -0.1) is 0 Å². The van der Waals surface area contributed by atoms with Crippen molar-refractivity contribution >= 4 is 23.7 Å². The highest BCUT2D eigenvalue weighted by molar-refractivity contribution is 7.98. The molecule has 0 aromatic heterocycles. The summed E-state index contributed by atoms with van der Waals surface area (Å²) in [4.78, 5) is 20.7. The van der Waals surface area contributed by atoms with E-state index in [1.165, 1.54) is 11.8 Å². The van der Waals surface area contributed by atoms with Crippen LogP contribution in [-0.2, 0) is 9.59 Å². The summed E-state index contributed by atoms with van der Waals surface area (Å²) in [5.74, 6) is -1.35. The molecule has 0 aliphatic heterocycles. The minimum absolute atomic E-state index is 0.314. The number of hydrogen-bond acceptors (Lipinski definition) is 4. The van der Waals surface area contributed by atoms with Crippen molar-refractivity contribution in [2.45, 2.75) is 12.5 Å². The first-order valence-corrected chi connectivity index (χ1v) is 5.14. The van der Waals surface area contributed by atoms with Crippen LogP contribution in [0.25, 0.3) is 0 Å².